The molecule has 0 amide bonds. The lowest BCUT2D eigenvalue weighted by molar-refractivity contribution is 0.331. The molecule has 0 saturated heterocycles. The average molecular weight is 360 g/mol. The Labute approximate surface area is 140 Å². The Hall–Kier alpha value is -1.43. The van der Waals surface area contributed by atoms with Crippen molar-refractivity contribution >= 4 is 38.9 Å². The van der Waals surface area contributed by atoms with Gasteiger partial charge >= 0.3 is 0 Å². The van der Waals surface area contributed by atoms with Crippen LogP contribution in [0, 0.1) is 6.92 Å². The smallest absolute Gasteiger partial charge is 0.265 e. The van der Waals surface area contributed by atoms with Crippen molar-refractivity contribution in [1.82, 2.24) is 0 Å². The summed E-state index contributed by atoms with van der Waals surface area (Å²) in [7, 11) is -3.83. The van der Waals surface area contributed by atoms with Crippen LogP contribution in [-0.2, 0) is 10.0 Å². The van der Waals surface area contributed by atoms with Crippen LogP contribution >= 0.6 is 23.2 Å². The summed E-state index contributed by atoms with van der Waals surface area (Å²) in [6.45, 7) is 3.90. The molecule has 2 aromatic rings. The molecule has 22 heavy (non-hydrogen) atoms. The molecule has 118 valence electrons. The van der Waals surface area contributed by atoms with E-state index in [4.69, 9.17) is 27.9 Å². The van der Waals surface area contributed by atoms with Crippen LogP contribution < -0.4 is 9.46 Å². The Kier molecular flexibility index (Phi) is 5.21. The highest BCUT2D eigenvalue weighted by molar-refractivity contribution is 7.92. The number of benzene rings is 2. The Balaban J connectivity index is 2.44. The van der Waals surface area contributed by atoms with Crippen LogP contribution in [0.3, 0.4) is 0 Å². The van der Waals surface area contributed by atoms with E-state index in [-0.39, 0.29) is 10.6 Å². The first-order valence-corrected chi connectivity index (χ1v) is 8.78. The topological polar surface area (TPSA) is 55.4 Å². The molecule has 0 fully saturated rings. The molecule has 0 atom stereocenters. The number of aryl methyl sites for hydroxylation is 1. The molecule has 0 bridgehead atoms. The number of nitrogens with one attached hydrogen (secondary N) is 1. The van der Waals surface area contributed by atoms with Gasteiger partial charge < -0.3 is 4.74 Å². The molecular formula is C15H15Cl2NO3S. The number of ether oxygens (including phenoxy) is 1. The monoisotopic (exact) mass is 359 g/mol. The molecule has 4 nitrogen and oxygen atoms in total. The molecule has 0 saturated carbocycles. The largest absolute Gasteiger partial charge is 0.492 e. The minimum absolute atomic E-state index is 0.00352. The van der Waals surface area contributed by atoms with Crippen LogP contribution in [-0.4, -0.2) is 15.0 Å². The zero-order valence-corrected chi connectivity index (χ0v) is 14.4. The fourth-order valence-electron chi connectivity index (χ4n) is 1.91. The van der Waals surface area contributed by atoms with Crippen molar-refractivity contribution in [2.24, 2.45) is 0 Å². The number of sulfonamides is 1. The predicted octanol–water partition coefficient (Wildman–Crippen LogP) is 4.50. The number of hydrogen-bond acceptors (Lipinski definition) is 3. The van der Waals surface area contributed by atoms with Crippen molar-refractivity contribution in [3.63, 3.8) is 0 Å². The Morgan fingerprint density at radius 3 is 2.36 bits per heavy atom. The lowest BCUT2D eigenvalue weighted by atomic mass is 10.2. The van der Waals surface area contributed by atoms with Crippen molar-refractivity contribution in [3.8, 4) is 5.75 Å². The van der Waals surface area contributed by atoms with Crippen molar-refractivity contribution in [2.45, 2.75) is 18.7 Å². The number of anilines is 1. The van der Waals surface area contributed by atoms with Crippen molar-refractivity contribution in [2.75, 3.05) is 11.3 Å². The van der Waals surface area contributed by atoms with Crippen molar-refractivity contribution in [3.05, 3.63) is 52.0 Å². The zero-order valence-electron chi connectivity index (χ0n) is 12.1. The second-order valence-electron chi connectivity index (χ2n) is 4.59. The summed E-state index contributed by atoms with van der Waals surface area (Å²) in [5.41, 5.74) is 1.17. The summed E-state index contributed by atoms with van der Waals surface area (Å²) in [5, 5.41) is 0.856. The standard InChI is InChI=1S/C15H15Cl2NO3S/c1-3-21-14-7-5-12(17)9-15(14)22(19,20)18-13-6-4-11(16)8-10(13)2/h4-9,18H,3H2,1-2H3. The van der Waals surface area contributed by atoms with E-state index < -0.39 is 10.0 Å². The number of hydrogen-bond donors (Lipinski definition) is 1. The third-order valence-corrected chi connectivity index (χ3v) is 4.78. The Bertz CT molecular complexity index is 791. The van der Waals surface area contributed by atoms with Gasteiger partial charge in [0.25, 0.3) is 10.0 Å². The molecule has 0 aliphatic heterocycles. The van der Waals surface area contributed by atoms with E-state index >= 15 is 0 Å². The lowest BCUT2D eigenvalue weighted by Crippen LogP contribution is -2.15. The normalized spacial score (nSPS) is 11.3. The summed E-state index contributed by atoms with van der Waals surface area (Å²) in [6, 6.07) is 9.39. The van der Waals surface area contributed by atoms with Gasteiger partial charge in [0.15, 0.2) is 0 Å². The Morgan fingerprint density at radius 1 is 1.09 bits per heavy atom. The first-order valence-electron chi connectivity index (χ1n) is 6.55. The van der Waals surface area contributed by atoms with Gasteiger partial charge in [-0.15, -0.1) is 0 Å². The van der Waals surface area contributed by atoms with E-state index in [2.05, 4.69) is 4.72 Å². The van der Waals surface area contributed by atoms with E-state index in [0.29, 0.717) is 22.3 Å². The predicted molar refractivity (Wildman–Crippen MR) is 89.6 cm³/mol. The minimum Gasteiger partial charge on any atom is -0.492 e. The van der Waals surface area contributed by atoms with Gasteiger partial charge in [-0.3, -0.25) is 4.72 Å². The van der Waals surface area contributed by atoms with E-state index in [9.17, 15) is 8.42 Å². The number of halogens is 2. The summed E-state index contributed by atoms with van der Waals surface area (Å²) < 4.78 is 33.1. The van der Waals surface area contributed by atoms with Gasteiger partial charge in [-0.25, -0.2) is 8.42 Å². The molecule has 2 aromatic carbocycles. The highest BCUT2D eigenvalue weighted by Gasteiger charge is 2.21. The molecule has 0 heterocycles. The third-order valence-electron chi connectivity index (χ3n) is 2.93. The molecule has 0 aliphatic rings. The van der Waals surface area contributed by atoms with Gasteiger partial charge in [0.05, 0.1) is 12.3 Å². The van der Waals surface area contributed by atoms with Gasteiger partial charge in [-0.05, 0) is 55.8 Å². The van der Waals surface area contributed by atoms with Gasteiger partial charge in [0, 0.05) is 10.0 Å². The van der Waals surface area contributed by atoms with Gasteiger partial charge in [-0.2, -0.15) is 0 Å². The highest BCUT2D eigenvalue weighted by atomic mass is 35.5. The molecule has 1 N–H and O–H groups in total. The summed E-state index contributed by atoms with van der Waals surface area (Å²) >= 11 is 11.8. The third kappa shape index (κ3) is 3.85. The maximum absolute atomic E-state index is 12.6. The van der Waals surface area contributed by atoms with E-state index in [0.717, 1.165) is 5.56 Å². The maximum atomic E-state index is 12.6. The SMILES string of the molecule is CCOc1ccc(Cl)cc1S(=O)(=O)Nc1ccc(Cl)cc1C. The second-order valence-corrected chi connectivity index (χ2v) is 7.11. The van der Waals surface area contributed by atoms with Gasteiger partial charge in [0.1, 0.15) is 10.6 Å². The first-order chi connectivity index (χ1) is 10.3. The van der Waals surface area contributed by atoms with Crippen LogP contribution in [0.1, 0.15) is 12.5 Å². The minimum atomic E-state index is -3.83. The average Bonchev–Trinajstić information content (AvgIpc) is 2.44. The summed E-state index contributed by atoms with van der Waals surface area (Å²) in [4.78, 5) is -0.00352. The van der Waals surface area contributed by atoms with Crippen LogP contribution in [0.2, 0.25) is 10.0 Å². The summed E-state index contributed by atoms with van der Waals surface area (Å²) in [5.74, 6) is 0.256. The van der Waals surface area contributed by atoms with Gasteiger partial charge in [0.2, 0.25) is 0 Å². The van der Waals surface area contributed by atoms with E-state index in [1.165, 1.54) is 12.1 Å². The molecule has 0 spiro atoms. The molecule has 7 heteroatoms. The van der Waals surface area contributed by atoms with Crippen molar-refractivity contribution in [1.29, 1.82) is 0 Å². The fraction of sp³-hybridized carbons (Fsp3) is 0.200. The van der Waals surface area contributed by atoms with E-state index in [1.807, 2.05) is 0 Å². The molecule has 0 unspecified atom stereocenters. The van der Waals surface area contributed by atoms with Crippen LogP contribution in [0.5, 0.6) is 5.75 Å². The van der Waals surface area contributed by atoms with Crippen LogP contribution in [0.15, 0.2) is 41.3 Å². The molecular weight excluding hydrogens is 345 g/mol. The zero-order chi connectivity index (χ0) is 16.3. The van der Waals surface area contributed by atoms with Gasteiger partial charge in [-0.1, -0.05) is 23.2 Å². The summed E-state index contributed by atoms with van der Waals surface area (Å²) in [6.07, 6.45) is 0. The maximum Gasteiger partial charge on any atom is 0.265 e. The lowest BCUT2D eigenvalue weighted by Gasteiger charge is -2.14. The highest BCUT2D eigenvalue weighted by Crippen LogP contribution is 2.30. The molecule has 0 radical (unpaired) electrons. The molecule has 0 aromatic heterocycles. The van der Waals surface area contributed by atoms with Crippen LogP contribution in [0.25, 0.3) is 0 Å². The van der Waals surface area contributed by atoms with Crippen LogP contribution in [0.4, 0.5) is 5.69 Å². The second kappa shape index (κ2) is 6.77. The molecule has 2 rings (SSSR count). The Morgan fingerprint density at radius 2 is 1.73 bits per heavy atom. The van der Waals surface area contributed by atoms with E-state index in [1.54, 1.807) is 38.1 Å². The first kappa shape index (κ1) is 16.9. The number of rotatable bonds is 5. The van der Waals surface area contributed by atoms with Crippen molar-refractivity contribution < 1.29 is 13.2 Å². The quantitative estimate of drug-likeness (QED) is 0.854. The molecule has 0 aliphatic carbocycles. The fourth-order valence-corrected chi connectivity index (χ4v) is 3.67.